The van der Waals surface area contributed by atoms with E-state index in [-0.39, 0.29) is 5.92 Å². The first-order chi connectivity index (χ1) is 7.50. The summed E-state index contributed by atoms with van der Waals surface area (Å²) in [6.45, 7) is 4.36. The third-order valence-corrected chi connectivity index (χ3v) is 2.90. The molecule has 1 aromatic carbocycles. The molecule has 88 valence electrons. The van der Waals surface area contributed by atoms with Crippen LogP contribution in [0.2, 0.25) is 0 Å². The molecule has 0 heterocycles. The molecule has 0 amide bonds. The molecule has 0 saturated heterocycles. The van der Waals surface area contributed by atoms with Crippen molar-refractivity contribution in [3.05, 3.63) is 34.3 Å². The van der Waals surface area contributed by atoms with Gasteiger partial charge in [0.2, 0.25) is 0 Å². The van der Waals surface area contributed by atoms with Gasteiger partial charge in [0.1, 0.15) is 6.04 Å². The van der Waals surface area contributed by atoms with Gasteiger partial charge < -0.3 is 10.4 Å². The van der Waals surface area contributed by atoms with Crippen LogP contribution < -0.4 is 5.32 Å². The molecule has 0 unspecified atom stereocenters. The summed E-state index contributed by atoms with van der Waals surface area (Å²) in [6.07, 6.45) is 0. The van der Waals surface area contributed by atoms with Crippen LogP contribution in [0.4, 0.5) is 0 Å². The number of carboxylic acids is 1. The molecule has 1 aromatic rings. The van der Waals surface area contributed by atoms with Crippen molar-refractivity contribution >= 4 is 21.9 Å². The fourth-order valence-corrected chi connectivity index (χ4v) is 1.70. The van der Waals surface area contributed by atoms with Crippen molar-refractivity contribution in [2.45, 2.75) is 26.4 Å². The van der Waals surface area contributed by atoms with E-state index in [2.05, 4.69) is 21.2 Å². The Balaban J connectivity index is 2.55. The molecular formula is C12H16BrNO2. The minimum absolute atomic E-state index is 0.0768. The van der Waals surface area contributed by atoms with E-state index < -0.39 is 12.0 Å². The van der Waals surface area contributed by atoms with Crippen LogP contribution in [0.25, 0.3) is 0 Å². The van der Waals surface area contributed by atoms with E-state index in [1.807, 2.05) is 38.1 Å². The summed E-state index contributed by atoms with van der Waals surface area (Å²) >= 11 is 3.36. The third-order valence-electron chi connectivity index (χ3n) is 2.37. The Morgan fingerprint density at radius 1 is 1.38 bits per heavy atom. The van der Waals surface area contributed by atoms with Crippen molar-refractivity contribution in [1.82, 2.24) is 5.32 Å². The number of benzene rings is 1. The smallest absolute Gasteiger partial charge is 0.320 e. The molecule has 0 bridgehead atoms. The van der Waals surface area contributed by atoms with Gasteiger partial charge in [0.15, 0.2) is 0 Å². The van der Waals surface area contributed by atoms with E-state index in [1.54, 1.807) is 0 Å². The van der Waals surface area contributed by atoms with Crippen molar-refractivity contribution in [1.29, 1.82) is 0 Å². The third kappa shape index (κ3) is 3.94. The molecule has 0 radical (unpaired) electrons. The number of rotatable bonds is 5. The summed E-state index contributed by atoms with van der Waals surface area (Å²) in [7, 11) is 0. The molecule has 0 aliphatic rings. The van der Waals surface area contributed by atoms with Crippen LogP contribution in [0.3, 0.4) is 0 Å². The standard InChI is InChI=1S/C12H16BrNO2/c1-8(2)11(12(15)16)14-7-9-3-5-10(13)6-4-9/h3-6,8,11,14H,7H2,1-2H3,(H,15,16)/t11-/m1/s1. The van der Waals surface area contributed by atoms with Crippen LogP contribution in [0.5, 0.6) is 0 Å². The predicted molar refractivity (Wildman–Crippen MR) is 67.2 cm³/mol. The summed E-state index contributed by atoms with van der Waals surface area (Å²) in [5, 5.41) is 12.0. The zero-order valence-corrected chi connectivity index (χ0v) is 11.0. The number of carboxylic acid groups (broad SMARTS) is 1. The highest BCUT2D eigenvalue weighted by atomic mass is 79.9. The fourth-order valence-electron chi connectivity index (χ4n) is 1.44. The number of aliphatic carboxylic acids is 1. The number of carbonyl (C=O) groups is 1. The van der Waals surface area contributed by atoms with Gasteiger partial charge in [0, 0.05) is 11.0 Å². The minimum atomic E-state index is -0.799. The molecule has 4 heteroatoms. The molecular weight excluding hydrogens is 270 g/mol. The van der Waals surface area contributed by atoms with Crippen molar-refractivity contribution < 1.29 is 9.90 Å². The lowest BCUT2D eigenvalue weighted by Crippen LogP contribution is -2.40. The first-order valence-electron chi connectivity index (χ1n) is 5.21. The van der Waals surface area contributed by atoms with Crippen LogP contribution in [-0.2, 0) is 11.3 Å². The topological polar surface area (TPSA) is 49.3 Å². The van der Waals surface area contributed by atoms with E-state index in [4.69, 9.17) is 5.11 Å². The van der Waals surface area contributed by atoms with E-state index >= 15 is 0 Å². The van der Waals surface area contributed by atoms with Gasteiger partial charge >= 0.3 is 5.97 Å². The van der Waals surface area contributed by atoms with Crippen LogP contribution >= 0.6 is 15.9 Å². The van der Waals surface area contributed by atoms with Gasteiger partial charge in [-0.2, -0.15) is 0 Å². The van der Waals surface area contributed by atoms with E-state index in [9.17, 15) is 4.79 Å². The van der Waals surface area contributed by atoms with Crippen LogP contribution in [0.1, 0.15) is 19.4 Å². The van der Waals surface area contributed by atoms with Gasteiger partial charge in [0.25, 0.3) is 0 Å². The van der Waals surface area contributed by atoms with E-state index in [1.165, 1.54) is 0 Å². The molecule has 0 aliphatic heterocycles. The lowest BCUT2D eigenvalue weighted by Gasteiger charge is -2.17. The summed E-state index contributed by atoms with van der Waals surface area (Å²) in [4.78, 5) is 10.9. The molecule has 1 atom stereocenters. The predicted octanol–water partition coefficient (Wildman–Crippen LogP) is 2.65. The van der Waals surface area contributed by atoms with Gasteiger partial charge in [-0.25, -0.2) is 0 Å². The maximum atomic E-state index is 10.9. The molecule has 0 saturated carbocycles. The van der Waals surface area contributed by atoms with Gasteiger partial charge in [-0.05, 0) is 23.6 Å². The van der Waals surface area contributed by atoms with Gasteiger partial charge in [-0.15, -0.1) is 0 Å². The lowest BCUT2D eigenvalue weighted by atomic mass is 10.0. The number of halogens is 1. The summed E-state index contributed by atoms with van der Waals surface area (Å²) < 4.78 is 1.02. The quantitative estimate of drug-likeness (QED) is 0.875. The second-order valence-corrected chi connectivity index (χ2v) is 4.98. The molecule has 16 heavy (non-hydrogen) atoms. The van der Waals surface area contributed by atoms with Crippen molar-refractivity contribution in [3.63, 3.8) is 0 Å². The average Bonchev–Trinajstić information content (AvgIpc) is 2.20. The summed E-state index contributed by atoms with van der Waals surface area (Å²) in [6, 6.07) is 7.33. The Hall–Kier alpha value is -0.870. The van der Waals surface area contributed by atoms with Crippen LogP contribution in [0.15, 0.2) is 28.7 Å². The molecule has 0 aromatic heterocycles. The molecule has 0 spiro atoms. The largest absolute Gasteiger partial charge is 0.480 e. The lowest BCUT2D eigenvalue weighted by molar-refractivity contribution is -0.140. The summed E-state index contributed by atoms with van der Waals surface area (Å²) in [5.74, 6) is -0.722. The highest BCUT2D eigenvalue weighted by Crippen LogP contribution is 2.11. The monoisotopic (exact) mass is 285 g/mol. The molecule has 1 rings (SSSR count). The minimum Gasteiger partial charge on any atom is -0.480 e. The van der Waals surface area contributed by atoms with Gasteiger partial charge in [0.05, 0.1) is 0 Å². The van der Waals surface area contributed by atoms with Crippen molar-refractivity contribution in [2.75, 3.05) is 0 Å². The highest BCUT2D eigenvalue weighted by Gasteiger charge is 2.20. The van der Waals surface area contributed by atoms with Crippen molar-refractivity contribution in [3.8, 4) is 0 Å². The molecule has 0 aliphatic carbocycles. The van der Waals surface area contributed by atoms with Crippen LogP contribution in [0, 0.1) is 5.92 Å². The second kappa shape index (κ2) is 6.01. The average molecular weight is 286 g/mol. The molecule has 3 nitrogen and oxygen atoms in total. The maximum Gasteiger partial charge on any atom is 0.320 e. The Morgan fingerprint density at radius 3 is 2.38 bits per heavy atom. The summed E-state index contributed by atoms with van der Waals surface area (Å²) in [5.41, 5.74) is 1.08. The van der Waals surface area contributed by atoms with E-state index in [0.717, 1.165) is 10.0 Å². The Labute approximate surface area is 104 Å². The maximum absolute atomic E-state index is 10.9. The molecule has 2 N–H and O–H groups in total. The van der Waals surface area contributed by atoms with Gasteiger partial charge in [-0.1, -0.05) is 41.9 Å². The number of hydrogen-bond acceptors (Lipinski definition) is 2. The zero-order valence-electron chi connectivity index (χ0n) is 9.40. The highest BCUT2D eigenvalue weighted by molar-refractivity contribution is 9.10. The first-order valence-corrected chi connectivity index (χ1v) is 6.00. The Kier molecular flexibility index (Phi) is 4.96. The Morgan fingerprint density at radius 2 is 1.94 bits per heavy atom. The first kappa shape index (κ1) is 13.2. The second-order valence-electron chi connectivity index (χ2n) is 4.07. The Bertz CT molecular complexity index is 349. The normalized spacial score (nSPS) is 12.8. The van der Waals surface area contributed by atoms with E-state index in [0.29, 0.717) is 6.54 Å². The number of nitrogens with one attached hydrogen (secondary N) is 1. The van der Waals surface area contributed by atoms with Gasteiger partial charge in [-0.3, -0.25) is 4.79 Å². The van der Waals surface area contributed by atoms with Crippen LogP contribution in [-0.4, -0.2) is 17.1 Å². The zero-order chi connectivity index (χ0) is 12.1. The SMILES string of the molecule is CC(C)[C@@H](NCc1ccc(Br)cc1)C(=O)O. The molecule has 0 fully saturated rings. The van der Waals surface area contributed by atoms with Crippen molar-refractivity contribution in [2.24, 2.45) is 5.92 Å². The number of hydrogen-bond donors (Lipinski definition) is 2. The fraction of sp³-hybridized carbons (Fsp3) is 0.417.